The molecule has 0 aromatic carbocycles. The molecule has 2 atom stereocenters. The van der Waals surface area contributed by atoms with Crippen molar-refractivity contribution in [1.82, 2.24) is 29.9 Å². The van der Waals surface area contributed by atoms with Crippen LogP contribution in [-0.4, -0.2) is 62.2 Å². The smallest absolute Gasteiger partial charge is 0.291 e. The van der Waals surface area contributed by atoms with Crippen LogP contribution in [0.3, 0.4) is 0 Å². The predicted molar refractivity (Wildman–Crippen MR) is 107 cm³/mol. The minimum Gasteiger partial charge on any atom is -0.376 e. The summed E-state index contributed by atoms with van der Waals surface area (Å²) in [6.07, 6.45) is 7.68. The van der Waals surface area contributed by atoms with Crippen LogP contribution in [0.2, 0.25) is 0 Å². The van der Waals surface area contributed by atoms with Crippen LogP contribution in [-0.2, 0) is 22.6 Å². The van der Waals surface area contributed by atoms with Gasteiger partial charge in [-0.2, -0.15) is 5.10 Å². The minimum atomic E-state index is -0.637. The zero-order valence-electron chi connectivity index (χ0n) is 17.2. The maximum atomic E-state index is 12.9. The first-order chi connectivity index (χ1) is 14.6. The van der Waals surface area contributed by atoms with Crippen molar-refractivity contribution in [2.24, 2.45) is 0 Å². The lowest BCUT2D eigenvalue weighted by Gasteiger charge is -2.22. The van der Waals surface area contributed by atoms with E-state index in [4.69, 9.17) is 4.74 Å². The SMILES string of the molecule is CN1C(=O)[C@@H](NC(=O)c2ncn(CC3CCCCO3)n2)CCn2nc(C3CC3)cc21. The Morgan fingerprint density at radius 1 is 1.23 bits per heavy atom. The van der Waals surface area contributed by atoms with E-state index in [1.54, 1.807) is 23.0 Å². The highest BCUT2D eigenvalue weighted by Gasteiger charge is 2.34. The molecule has 0 radical (unpaired) electrons. The van der Waals surface area contributed by atoms with Crippen LogP contribution in [0.25, 0.3) is 0 Å². The van der Waals surface area contributed by atoms with E-state index in [0.29, 0.717) is 25.4 Å². The molecule has 1 aliphatic carbocycles. The van der Waals surface area contributed by atoms with Gasteiger partial charge in [0.05, 0.1) is 18.3 Å². The Morgan fingerprint density at radius 2 is 2.10 bits per heavy atom. The van der Waals surface area contributed by atoms with Crippen LogP contribution < -0.4 is 10.2 Å². The fourth-order valence-corrected chi connectivity index (χ4v) is 4.16. The minimum absolute atomic E-state index is 0.0688. The number of hydrogen-bond acceptors (Lipinski definition) is 6. The lowest BCUT2D eigenvalue weighted by Crippen LogP contribution is -2.47. The van der Waals surface area contributed by atoms with Gasteiger partial charge in [-0.1, -0.05) is 0 Å². The van der Waals surface area contributed by atoms with E-state index in [0.717, 1.165) is 37.4 Å². The van der Waals surface area contributed by atoms with Crippen molar-refractivity contribution < 1.29 is 14.3 Å². The Kier molecular flexibility index (Phi) is 5.01. The molecule has 0 spiro atoms. The molecule has 10 heteroatoms. The Morgan fingerprint density at radius 3 is 2.87 bits per heavy atom. The van der Waals surface area contributed by atoms with Gasteiger partial charge < -0.3 is 10.1 Å². The lowest BCUT2D eigenvalue weighted by atomic mass is 10.1. The molecule has 0 bridgehead atoms. The van der Waals surface area contributed by atoms with Crippen molar-refractivity contribution >= 4 is 17.6 Å². The van der Waals surface area contributed by atoms with E-state index in [2.05, 4.69) is 20.5 Å². The average Bonchev–Trinajstić information content (AvgIpc) is 3.37. The van der Waals surface area contributed by atoms with Gasteiger partial charge in [0.2, 0.25) is 5.82 Å². The highest BCUT2D eigenvalue weighted by molar-refractivity contribution is 6.00. The second kappa shape index (κ2) is 7.82. The third-order valence-corrected chi connectivity index (χ3v) is 6.08. The predicted octanol–water partition coefficient (Wildman–Crippen LogP) is 1.09. The summed E-state index contributed by atoms with van der Waals surface area (Å²) in [5, 5.41) is 11.7. The highest BCUT2D eigenvalue weighted by atomic mass is 16.5. The molecule has 3 aliphatic rings. The summed E-state index contributed by atoms with van der Waals surface area (Å²) in [5.41, 5.74) is 1.06. The van der Waals surface area contributed by atoms with Gasteiger partial charge in [0.25, 0.3) is 11.8 Å². The third kappa shape index (κ3) is 3.83. The highest BCUT2D eigenvalue weighted by Crippen LogP contribution is 2.40. The Hall–Kier alpha value is -2.75. The van der Waals surface area contributed by atoms with E-state index < -0.39 is 11.9 Å². The maximum Gasteiger partial charge on any atom is 0.291 e. The fraction of sp³-hybridized carbons (Fsp3) is 0.650. The summed E-state index contributed by atoms with van der Waals surface area (Å²) < 4.78 is 9.23. The maximum absolute atomic E-state index is 12.9. The molecule has 30 heavy (non-hydrogen) atoms. The number of ether oxygens (including phenoxy) is 1. The molecule has 160 valence electrons. The van der Waals surface area contributed by atoms with Crippen LogP contribution in [0.5, 0.6) is 0 Å². The number of nitrogens with one attached hydrogen (secondary N) is 1. The van der Waals surface area contributed by atoms with Crippen LogP contribution in [0.15, 0.2) is 12.4 Å². The van der Waals surface area contributed by atoms with E-state index >= 15 is 0 Å². The van der Waals surface area contributed by atoms with E-state index in [1.165, 1.54) is 12.8 Å². The molecule has 4 heterocycles. The summed E-state index contributed by atoms with van der Waals surface area (Å²) in [7, 11) is 1.73. The van der Waals surface area contributed by atoms with Gasteiger partial charge in [-0.3, -0.25) is 14.5 Å². The number of carbonyl (C=O) groups excluding carboxylic acids is 2. The first kappa shape index (κ1) is 19.2. The number of carbonyl (C=O) groups is 2. The molecule has 1 saturated carbocycles. The van der Waals surface area contributed by atoms with Crippen molar-refractivity contribution in [3.63, 3.8) is 0 Å². The van der Waals surface area contributed by atoms with Crippen molar-refractivity contribution in [2.75, 3.05) is 18.6 Å². The molecular weight excluding hydrogens is 386 g/mol. The number of aromatic nitrogens is 5. The number of amides is 2. The molecule has 5 rings (SSSR count). The number of rotatable bonds is 5. The quantitative estimate of drug-likeness (QED) is 0.786. The molecule has 2 aliphatic heterocycles. The molecular formula is C20H27N7O3. The number of hydrogen-bond donors (Lipinski definition) is 1. The van der Waals surface area contributed by atoms with Crippen molar-refractivity contribution in [3.05, 3.63) is 23.9 Å². The van der Waals surface area contributed by atoms with E-state index in [1.807, 2.05) is 10.7 Å². The number of likely N-dealkylation sites (N-methyl/N-ethyl adjacent to an activating group) is 1. The van der Waals surface area contributed by atoms with Gasteiger partial charge in [-0.05, 0) is 38.5 Å². The molecule has 1 saturated heterocycles. The third-order valence-electron chi connectivity index (χ3n) is 6.08. The van der Waals surface area contributed by atoms with E-state index in [9.17, 15) is 9.59 Å². The monoisotopic (exact) mass is 413 g/mol. The van der Waals surface area contributed by atoms with Gasteiger partial charge in [-0.15, -0.1) is 5.10 Å². The normalized spacial score (nSPS) is 24.4. The van der Waals surface area contributed by atoms with Crippen LogP contribution >= 0.6 is 0 Å². The van der Waals surface area contributed by atoms with Crippen molar-refractivity contribution in [2.45, 2.75) is 69.7 Å². The summed E-state index contributed by atoms with van der Waals surface area (Å²) in [6.45, 7) is 1.92. The van der Waals surface area contributed by atoms with Gasteiger partial charge in [0.1, 0.15) is 18.2 Å². The standard InChI is InChI=1S/C20H27N7O3/c1-25-17-10-16(13-5-6-13)23-27(17)8-7-15(20(25)29)22-19(28)18-21-12-26(24-18)11-14-4-2-3-9-30-14/h10,12-15H,2-9,11H2,1H3,(H,22,28)/t14?,15-/m0/s1. The van der Waals surface area contributed by atoms with Crippen LogP contribution in [0.1, 0.15) is 60.8 Å². The van der Waals surface area contributed by atoms with Gasteiger partial charge in [-0.25, -0.2) is 14.3 Å². The van der Waals surface area contributed by atoms with E-state index in [-0.39, 0.29) is 17.8 Å². The lowest BCUT2D eigenvalue weighted by molar-refractivity contribution is -0.120. The fourth-order valence-electron chi connectivity index (χ4n) is 4.16. The second-order valence-electron chi connectivity index (χ2n) is 8.42. The molecule has 2 aromatic heterocycles. The topological polar surface area (TPSA) is 107 Å². The van der Waals surface area contributed by atoms with Gasteiger partial charge in [0.15, 0.2) is 0 Å². The Labute approximate surface area is 174 Å². The number of fused-ring (bicyclic) bond motifs is 1. The molecule has 2 fully saturated rings. The number of aryl methyl sites for hydroxylation is 1. The Balaban J connectivity index is 1.22. The van der Waals surface area contributed by atoms with Crippen molar-refractivity contribution in [1.29, 1.82) is 0 Å². The number of nitrogens with zero attached hydrogens (tertiary/aromatic N) is 6. The molecule has 2 amide bonds. The second-order valence-corrected chi connectivity index (χ2v) is 8.42. The Bertz CT molecular complexity index is 942. The summed E-state index contributed by atoms with van der Waals surface area (Å²) in [4.78, 5) is 31.3. The zero-order valence-corrected chi connectivity index (χ0v) is 17.2. The summed E-state index contributed by atoms with van der Waals surface area (Å²) >= 11 is 0. The molecule has 1 unspecified atom stereocenters. The first-order valence-corrected chi connectivity index (χ1v) is 10.8. The van der Waals surface area contributed by atoms with Gasteiger partial charge >= 0.3 is 0 Å². The number of anilines is 1. The van der Waals surface area contributed by atoms with Crippen LogP contribution in [0.4, 0.5) is 5.82 Å². The molecule has 1 N–H and O–H groups in total. The summed E-state index contributed by atoms with van der Waals surface area (Å²) in [5.74, 6) is 0.791. The molecule has 10 nitrogen and oxygen atoms in total. The summed E-state index contributed by atoms with van der Waals surface area (Å²) in [6, 6.07) is 1.36. The average molecular weight is 413 g/mol. The van der Waals surface area contributed by atoms with Crippen LogP contribution in [0, 0.1) is 0 Å². The molecule has 2 aromatic rings. The largest absolute Gasteiger partial charge is 0.376 e. The zero-order chi connectivity index (χ0) is 20.7. The first-order valence-electron chi connectivity index (χ1n) is 10.8. The van der Waals surface area contributed by atoms with Crippen molar-refractivity contribution in [3.8, 4) is 0 Å². The van der Waals surface area contributed by atoms with Gasteiger partial charge in [0, 0.05) is 32.2 Å².